The summed E-state index contributed by atoms with van der Waals surface area (Å²) >= 11 is 11.9. The normalized spacial score (nSPS) is 10.7. The Balaban J connectivity index is 2.21. The SMILES string of the molecule is CCCNCc1cc(F)cnc1Oc1cc(Cl)cc(Cl)c1. The Kier molecular flexibility index (Phi) is 5.79. The number of halogens is 3. The molecule has 0 saturated heterocycles. The van der Waals surface area contributed by atoms with Crippen LogP contribution in [0.15, 0.2) is 30.5 Å². The molecule has 21 heavy (non-hydrogen) atoms. The van der Waals surface area contributed by atoms with E-state index in [-0.39, 0.29) is 0 Å². The first-order valence-corrected chi connectivity index (χ1v) is 7.33. The lowest BCUT2D eigenvalue weighted by Gasteiger charge is -2.11. The zero-order valence-corrected chi connectivity index (χ0v) is 13.0. The van der Waals surface area contributed by atoms with Gasteiger partial charge in [-0.05, 0) is 37.2 Å². The van der Waals surface area contributed by atoms with Gasteiger partial charge in [0.15, 0.2) is 0 Å². The van der Waals surface area contributed by atoms with Crippen molar-refractivity contribution >= 4 is 23.2 Å². The van der Waals surface area contributed by atoms with E-state index in [0.29, 0.717) is 33.8 Å². The fourth-order valence-corrected chi connectivity index (χ4v) is 2.29. The van der Waals surface area contributed by atoms with Crippen LogP contribution in [0.5, 0.6) is 11.6 Å². The molecule has 0 amide bonds. The molecule has 112 valence electrons. The second kappa shape index (κ2) is 7.59. The van der Waals surface area contributed by atoms with E-state index in [1.165, 1.54) is 6.07 Å². The van der Waals surface area contributed by atoms with Crippen molar-refractivity contribution in [2.24, 2.45) is 0 Å². The van der Waals surface area contributed by atoms with E-state index in [1.54, 1.807) is 18.2 Å². The van der Waals surface area contributed by atoms with Gasteiger partial charge in [0.2, 0.25) is 5.88 Å². The Bertz CT molecular complexity index is 602. The Morgan fingerprint density at radius 3 is 2.57 bits per heavy atom. The minimum absolute atomic E-state index is 0.332. The molecule has 0 bridgehead atoms. The zero-order valence-electron chi connectivity index (χ0n) is 11.5. The topological polar surface area (TPSA) is 34.2 Å². The number of nitrogens with one attached hydrogen (secondary N) is 1. The Morgan fingerprint density at radius 1 is 1.19 bits per heavy atom. The van der Waals surface area contributed by atoms with Gasteiger partial charge in [0, 0.05) is 22.2 Å². The second-order valence-corrected chi connectivity index (χ2v) is 5.37. The molecule has 0 aliphatic heterocycles. The fourth-order valence-electron chi connectivity index (χ4n) is 1.79. The lowest BCUT2D eigenvalue weighted by atomic mass is 10.2. The molecule has 0 unspecified atom stereocenters. The van der Waals surface area contributed by atoms with E-state index in [0.717, 1.165) is 19.2 Å². The van der Waals surface area contributed by atoms with Crippen LogP contribution in [0, 0.1) is 5.82 Å². The van der Waals surface area contributed by atoms with Gasteiger partial charge in [-0.15, -0.1) is 0 Å². The van der Waals surface area contributed by atoms with Crippen molar-refractivity contribution in [3.8, 4) is 11.6 Å². The molecule has 2 aromatic rings. The van der Waals surface area contributed by atoms with Crippen LogP contribution in [0.3, 0.4) is 0 Å². The Labute approximate surface area is 133 Å². The van der Waals surface area contributed by atoms with Gasteiger partial charge in [-0.2, -0.15) is 0 Å². The predicted octanol–water partition coefficient (Wildman–Crippen LogP) is 4.82. The molecule has 0 atom stereocenters. The highest BCUT2D eigenvalue weighted by Gasteiger charge is 2.09. The molecule has 0 radical (unpaired) electrons. The van der Waals surface area contributed by atoms with Crippen molar-refractivity contribution in [3.63, 3.8) is 0 Å². The average Bonchev–Trinajstić information content (AvgIpc) is 2.41. The highest BCUT2D eigenvalue weighted by molar-refractivity contribution is 6.34. The zero-order chi connectivity index (χ0) is 15.2. The van der Waals surface area contributed by atoms with Crippen molar-refractivity contribution in [1.29, 1.82) is 0 Å². The molecular weight excluding hydrogens is 314 g/mol. The van der Waals surface area contributed by atoms with Gasteiger partial charge in [0.25, 0.3) is 0 Å². The fraction of sp³-hybridized carbons (Fsp3) is 0.267. The molecule has 1 heterocycles. The molecule has 3 nitrogen and oxygen atoms in total. The second-order valence-electron chi connectivity index (χ2n) is 4.50. The molecule has 1 N–H and O–H groups in total. The minimum Gasteiger partial charge on any atom is -0.439 e. The Hall–Kier alpha value is -1.36. The molecular formula is C15H15Cl2FN2O. The lowest BCUT2D eigenvalue weighted by molar-refractivity contribution is 0.448. The van der Waals surface area contributed by atoms with Crippen molar-refractivity contribution in [2.45, 2.75) is 19.9 Å². The maximum absolute atomic E-state index is 13.3. The van der Waals surface area contributed by atoms with E-state index in [1.807, 2.05) is 0 Å². The number of pyridine rings is 1. The number of aromatic nitrogens is 1. The number of benzene rings is 1. The van der Waals surface area contributed by atoms with E-state index in [9.17, 15) is 4.39 Å². The van der Waals surface area contributed by atoms with E-state index < -0.39 is 5.82 Å². The van der Waals surface area contributed by atoms with Crippen LogP contribution in [-0.4, -0.2) is 11.5 Å². The molecule has 1 aromatic carbocycles. The van der Waals surface area contributed by atoms with E-state index in [2.05, 4.69) is 17.2 Å². The van der Waals surface area contributed by atoms with Gasteiger partial charge in [-0.3, -0.25) is 0 Å². The van der Waals surface area contributed by atoms with Gasteiger partial charge in [0.1, 0.15) is 11.6 Å². The van der Waals surface area contributed by atoms with Crippen LogP contribution in [0.4, 0.5) is 4.39 Å². The quantitative estimate of drug-likeness (QED) is 0.772. The van der Waals surface area contributed by atoms with Crippen molar-refractivity contribution in [3.05, 3.63) is 51.9 Å². The highest BCUT2D eigenvalue weighted by Crippen LogP contribution is 2.29. The summed E-state index contributed by atoms with van der Waals surface area (Å²) in [7, 11) is 0. The minimum atomic E-state index is -0.403. The van der Waals surface area contributed by atoms with Crippen LogP contribution in [0.2, 0.25) is 10.0 Å². The first kappa shape index (κ1) is 16.0. The highest BCUT2D eigenvalue weighted by atomic mass is 35.5. The first-order chi connectivity index (χ1) is 10.1. The summed E-state index contributed by atoms with van der Waals surface area (Å²) in [5.41, 5.74) is 0.638. The maximum Gasteiger partial charge on any atom is 0.223 e. The monoisotopic (exact) mass is 328 g/mol. The number of nitrogens with zero attached hydrogens (tertiary/aromatic N) is 1. The molecule has 6 heteroatoms. The van der Waals surface area contributed by atoms with Crippen LogP contribution >= 0.6 is 23.2 Å². The molecule has 0 saturated carbocycles. The van der Waals surface area contributed by atoms with Crippen LogP contribution in [-0.2, 0) is 6.54 Å². The summed E-state index contributed by atoms with van der Waals surface area (Å²) in [5.74, 6) is 0.390. The van der Waals surface area contributed by atoms with E-state index in [4.69, 9.17) is 27.9 Å². The third-order valence-corrected chi connectivity index (χ3v) is 3.12. The number of ether oxygens (including phenoxy) is 1. The summed E-state index contributed by atoms with van der Waals surface area (Å²) < 4.78 is 19.0. The maximum atomic E-state index is 13.3. The van der Waals surface area contributed by atoms with Gasteiger partial charge in [0.05, 0.1) is 6.20 Å². The smallest absolute Gasteiger partial charge is 0.223 e. The first-order valence-electron chi connectivity index (χ1n) is 6.57. The number of rotatable bonds is 6. The van der Waals surface area contributed by atoms with Crippen LogP contribution in [0.1, 0.15) is 18.9 Å². The van der Waals surface area contributed by atoms with Gasteiger partial charge in [-0.1, -0.05) is 30.1 Å². The van der Waals surface area contributed by atoms with Gasteiger partial charge in [-0.25, -0.2) is 9.37 Å². The summed E-state index contributed by atoms with van der Waals surface area (Å²) in [6, 6.07) is 6.26. The summed E-state index contributed by atoms with van der Waals surface area (Å²) in [6.07, 6.45) is 2.10. The standard InChI is InChI=1S/C15H15Cl2FN2O/c1-2-3-19-8-10-4-13(18)9-20-15(10)21-14-6-11(16)5-12(17)7-14/h4-7,9,19H,2-3,8H2,1H3. The lowest BCUT2D eigenvalue weighted by Crippen LogP contribution is -2.15. The summed E-state index contributed by atoms with van der Waals surface area (Å²) in [4.78, 5) is 3.99. The summed E-state index contributed by atoms with van der Waals surface area (Å²) in [5, 5.41) is 4.12. The van der Waals surface area contributed by atoms with Crippen molar-refractivity contribution in [2.75, 3.05) is 6.54 Å². The molecule has 1 aromatic heterocycles. The number of hydrogen-bond donors (Lipinski definition) is 1. The number of hydrogen-bond acceptors (Lipinski definition) is 3. The van der Waals surface area contributed by atoms with Crippen LogP contribution < -0.4 is 10.1 Å². The van der Waals surface area contributed by atoms with E-state index >= 15 is 0 Å². The predicted molar refractivity (Wildman–Crippen MR) is 82.7 cm³/mol. The Morgan fingerprint density at radius 2 is 1.90 bits per heavy atom. The van der Waals surface area contributed by atoms with Gasteiger partial charge < -0.3 is 10.1 Å². The molecule has 0 aliphatic carbocycles. The summed E-state index contributed by atoms with van der Waals surface area (Å²) in [6.45, 7) is 3.36. The molecule has 0 aliphatic rings. The molecule has 0 fully saturated rings. The van der Waals surface area contributed by atoms with Crippen molar-refractivity contribution < 1.29 is 9.13 Å². The molecule has 2 rings (SSSR count). The van der Waals surface area contributed by atoms with Crippen molar-refractivity contribution in [1.82, 2.24) is 10.3 Å². The average molecular weight is 329 g/mol. The van der Waals surface area contributed by atoms with Crippen LogP contribution in [0.25, 0.3) is 0 Å². The molecule has 0 spiro atoms. The van der Waals surface area contributed by atoms with Gasteiger partial charge >= 0.3 is 0 Å². The third-order valence-electron chi connectivity index (χ3n) is 2.68. The third kappa shape index (κ3) is 4.84. The largest absolute Gasteiger partial charge is 0.439 e.